The van der Waals surface area contributed by atoms with Gasteiger partial charge >= 0.3 is 0 Å². The second-order valence-electron chi connectivity index (χ2n) is 6.47. The van der Waals surface area contributed by atoms with E-state index in [1.54, 1.807) is 29.6 Å². The molecule has 8 heteroatoms. The number of carbonyl (C=O) groups excluding carboxylic acids is 2. The third kappa shape index (κ3) is 4.13. The van der Waals surface area contributed by atoms with Crippen LogP contribution in [0.2, 0.25) is 0 Å². The van der Waals surface area contributed by atoms with Crippen molar-refractivity contribution in [2.75, 3.05) is 17.2 Å². The molecule has 1 aliphatic heterocycles. The van der Waals surface area contributed by atoms with Crippen LogP contribution in [0.25, 0.3) is 10.8 Å². The number of aromatic nitrogens is 1. The molecule has 0 bridgehead atoms. The molecule has 0 aliphatic carbocycles. The maximum absolute atomic E-state index is 12.4. The Hall–Kier alpha value is -2.97. The molecule has 0 saturated carbocycles. The first-order chi connectivity index (χ1) is 13.6. The van der Waals surface area contributed by atoms with Crippen LogP contribution in [0, 0.1) is 6.92 Å². The molecule has 1 saturated heterocycles. The molecule has 1 aromatic carbocycles. The highest BCUT2D eigenvalue weighted by atomic mass is 32.1. The van der Waals surface area contributed by atoms with Gasteiger partial charge in [0.05, 0.1) is 0 Å². The summed E-state index contributed by atoms with van der Waals surface area (Å²) in [6.07, 6.45) is 1.27. The lowest BCUT2D eigenvalue weighted by Crippen LogP contribution is -2.26. The smallest absolute Gasteiger partial charge is 0.275 e. The van der Waals surface area contributed by atoms with Crippen molar-refractivity contribution in [3.8, 4) is 10.8 Å². The highest BCUT2D eigenvalue weighted by molar-refractivity contribution is 7.13. The molecule has 0 radical (unpaired) electrons. The number of ether oxygens (including phenoxy) is 1. The fraction of sp³-hybridized carbons (Fsp3) is 0.250. The number of aryl methyl sites for hydroxylation is 1. The molecule has 1 atom stereocenters. The summed E-state index contributed by atoms with van der Waals surface area (Å²) in [7, 11) is 0. The SMILES string of the molecule is Cc1ccc(-c2nc(C(=O)Nc3ccc(NC(=O)C4CCCO4)cc3)cs2)o1. The van der Waals surface area contributed by atoms with E-state index in [2.05, 4.69) is 15.6 Å². The van der Waals surface area contributed by atoms with E-state index < -0.39 is 0 Å². The molecule has 1 aliphatic rings. The summed E-state index contributed by atoms with van der Waals surface area (Å²) in [6.45, 7) is 2.48. The largest absolute Gasteiger partial charge is 0.459 e. The Morgan fingerprint density at radius 3 is 2.50 bits per heavy atom. The molecule has 144 valence electrons. The number of furan rings is 1. The van der Waals surface area contributed by atoms with Gasteiger partial charge in [0.1, 0.15) is 17.6 Å². The fourth-order valence-electron chi connectivity index (χ4n) is 2.88. The minimum atomic E-state index is -0.379. The summed E-state index contributed by atoms with van der Waals surface area (Å²) in [6, 6.07) is 10.6. The van der Waals surface area contributed by atoms with Crippen molar-refractivity contribution in [2.45, 2.75) is 25.9 Å². The first kappa shape index (κ1) is 18.4. The Balaban J connectivity index is 1.37. The third-order valence-corrected chi connectivity index (χ3v) is 5.18. The number of amides is 2. The maximum atomic E-state index is 12.4. The predicted molar refractivity (Wildman–Crippen MR) is 107 cm³/mol. The van der Waals surface area contributed by atoms with Gasteiger partial charge < -0.3 is 19.8 Å². The quantitative estimate of drug-likeness (QED) is 0.677. The van der Waals surface area contributed by atoms with E-state index in [-0.39, 0.29) is 17.9 Å². The lowest BCUT2D eigenvalue weighted by molar-refractivity contribution is -0.124. The van der Waals surface area contributed by atoms with Crippen LogP contribution in [0.3, 0.4) is 0 Å². The molecule has 4 rings (SSSR count). The summed E-state index contributed by atoms with van der Waals surface area (Å²) in [4.78, 5) is 28.8. The normalized spacial score (nSPS) is 16.1. The topological polar surface area (TPSA) is 93.5 Å². The zero-order chi connectivity index (χ0) is 19.5. The summed E-state index contributed by atoms with van der Waals surface area (Å²) >= 11 is 1.35. The molecule has 2 amide bonds. The van der Waals surface area contributed by atoms with Gasteiger partial charge in [-0.15, -0.1) is 11.3 Å². The van der Waals surface area contributed by atoms with Crippen LogP contribution in [-0.4, -0.2) is 29.5 Å². The highest BCUT2D eigenvalue weighted by Crippen LogP contribution is 2.26. The van der Waals surface area contributed by atoms with Crippen LogP contribution in [-0.2, 0) is 9.53 Å². The van der Waals surface area contributed by atoms with Crippen LogP contribution in [0.5, 0.6) is 0 Å². The lowest BCUT2D eigenvalue weighted by atomic mass is 10.2. The van der Waals surface area contributed by atoms with E-state index in [1.807, 2.05) is 19.1 Å². The Morgan fingerprint density at radius 1 is 1.11 bits per heavy atom. The Kier molecular flexibility index (Phi) is 5.23. The number of hydrogen-bond donors (Lipinski definition) is 2. The first-order valence-electron chi connectivity index (χ1n) is 8.95. The van der Waals surface area contributed by atoms with Crippen molar-refractivity contribution in [2.24, 2.45) is 0 Å². The van der Waals surface area contributed by atoms with Crippen molar-refractivity contribution < 1.29 is 18.7 Å². The number of anilines is 2. The molecular weight excluding hydrogens is 378 g/mol. The van der Waals surface area contributed by atoms with Crippen molar-refractivity contribution in [1.82, 2.24) is 4.98 Å². The van der Waals surface area contributed by atoms with E-state index >= 15 is 0 Å². The van der Waals surface area contributed by atoms with E-state index in [4.69, 9.17) is 9.15 Å². The van der Waals surface area contributed by atoms with Crippen LogP contribution >= 0.6 is 11.3 Å². The van der Waals surface area contributed by atoms with Gasteiger partial charge in [-0.3, -0.25) is 9.59 Å². The maximum Gasteiger partial charge on any atom is 0.275 e. The summed E-state index contributed by atoms with van der Waals surface area (Å²) in [5, 5.41) is 7.97. The van der Waals surface area contributed by atoms with Crippen LogP contribution < -0.4 is 10.6 Å². The van der Waals surface area contributed by atoms with Gasteiger partial charge in [0.15, 0.2) is 10.8 Å². The highest BCUT2D eigenvalue weighted by Gasteiger charge is 2.23. The van der Waals surface area contributed by atoms with Gasteiger partial charge in [0.2, 0.25) is 0 Å². The van der Waals surface area contributed by atoms with Gasteiger partial charge in [-0.1, -0.05) is 0 Å². The molecule has 0 spiro atoms. The third-order valence-electron chi connectivity index (χ3n) is 4.32. The molecule has 7 nitrogen and oxygen atoms in total. The summed E-state index contributed by atoms with van der Waals surface area (Å²) in [5.41, 5.74) is 1.59. The van der Waals surface area contributed by atoms with E-state index in [9.17, 15) is 9.59 Å². The van der Waals surface area contributed by atoms with Gasteiger partial charge in [0, 0.05) is 23.4 Å². The van der Waals surface area contributed by atoms with Crippen molar-refractivity contribution >= 4 is 34.5 Å². The number of carbonyl (C=O) groups is 2. The zero-order valence-electron chi connectivity index (χ0n) is 15.2. The van der Waals surface area contributed by atoms with E-state index in [0.717, 1.165) is 18.6 Å². The second-order valence-corrected chi connectivity index (χ2v) is 7.33. The van der Waals surface area contributed by atoms with Crippen LogP contribution in [0.1, 0.15) is 29.1 Å². The zero-order valence-corrected chi connectivity index (χ0v) is 16.0. The fourth-order valence-corrected chi connectivity index (χ4v) is 3.64. The summed E-state index contributed by atoms with van der Waals surface area (Å²) < 4.78 is 10.9. The number of benzene rings is 1. The first-order valence-corrected chi connectivity index (χ1v) is 9.83. The molecule has 1 fully saturated rings. The molecular formula is C20H19N3O4S. The number of nitrogens with zero attached hydrogens (tertiary/aromatic N) is 1. The number of hydrogen-bond acceptors (Lipinski definition) is 6. The predicted octanol–water partition coefficient (Wildman–Crippen LogP) is 4.08. The average Bonchev–Trinajstić information content (AvgIpc) is 3.44. The van der Waals surface area contributed by atoms with Gasteiger partial charge in [0.25, 0.3) is 11.8 Å². The number of nitrogens with one attached hydrogen (secondary N) is 2. The van der Waals surface area contributed by atoms with Gasteiger partial charge in [-0.2, -0.15) is 0 Å². The Morgan fingerprint density at radius 2 is 1.86 bits per heavy atom. The molecule has 3 aromatic rings. The van der Waals surface area contributed by atoms with Crippen molar-refractivity contribution in [3.63, 3.8) is 0 Å². The summed E-state index contributed by atoms with van der Waals surface area (Å²) in [5.74, 6) is 0.995. The van der Waals surface area contributed by atoms with Gasteiger partial charge in [-0.25, -0.2) is 4.98 Å². The number of rotatable bonds is 5. The Labute approximate surface area is 165 Å². The number of thiazole rings is 1. The monoisotopic (exact) mass is 397 g/mol. The van der Waals surface area contributed by atoms with Gasteiger partial charge in [-0.05, 0) is 56.2 Å². The molecule has 1 unspecified atom stereocenters. The van der Waals surface area contributed by atoms with E-state index in [0.29, 0.717) is 34.4 Å². The average molecular weight is 397 g/mol. The Bertz CT molecular complexity index is 987. The van der Waals surface area contributed by atoms with Crippen LogP contribution in [0.15, 0.2) is 46.2 Å². The van der Waals surface area contributed by atoms with Crippen molar-refractivity contribution in [1.29, 1.82) is 0 Å². The molecule has 2 aromatic heterocycles. The second kappa shape index (κ2) is 7.95. The standard InChI is InChI=1S/C20H19N3O4S/c1-12-4-9-17(27-12)20-23-15(11-28-20)18(24)21-13-5-7-14(8-6-13)22-19(25)16-3-2-10-26-16/h4-9,11,16H,2-3,10H2,1H3,(H,21,24)(H,22,25). The minimum Gasteiger partial charge on any atom is -0.459 e. The molecule has 3 heterocycles. The minimum absolute atomic E-state index is 0.141. The van der Waals surface area contributed by atoms with Crippen LogP contribution in [0.4, 0.5) is 11.4 Å². The molecule has 2 N–H and O–H groups in total. The molecule has 28 heavy (non-hydrogen) atoms. The van der Waals surface area contributed by atoms with E-state index in [1.165, 1.54) is 11.3 Å². The lowest BCUT2D eigenvalue weighted by Gasteiger charge is -2.11. The van der Waals surface area contributed by atoms with Crippen molar-refractivity contribution in [3.05, 3.63) is 53.2 Å².